The molecule has 2 N–H and O–H groups in total. The van der Waals surface area contributed by atoms with Gasteiger partial charge >= 0.3 is 0 Å². The van der Waals surface area contributed by atoms with Gasteiger partial charge in [0, 0.05) is 0 Å². The molecular formula is C12H13FN6S. The molecule has 0 spiro atoms. The number of nitrogens with two attached hydrogens (primary N) is 1. The zero-order valence-electron chi connectivity index (χ0n) is 10.7. The Balaban J connectivity index is 0.00000147. The van der Waals surface area contributed by atoms with Crippen LogP contribution in [-0.4, -0.2) is 25.0 Å². The van der Waals surface area contributed by atoms with Crippen LogP contribution in [0.3, 0.4) is 0 Å². The van der Waals surface area contributed by atoms with E-state index in [2.05, 4.69) is 20.3 Å². The normalized spacial score (nSPS) is 12.1. The van der Waals surface area contributed by atoms with E-state index in [-0.39, 0.29) is 25.4 Å². The molecular weight excluding hydrogens is 279 g/mol. The minimum atomic E-state index is -0.272. The van der Waals surface area contributed by atoms with Crippen LogP contribution in [0, 0.1) is 5.82 Å². The number of nitrogen functional groups attached to an aromatic ring is 1. The van der Waals surface area contributed by atoms with Gasteiger partial charge in [0.2, 0.25) is 0 Å². The van der Waals surface area contributed by atoms with Gasteiger partial charge in [-0.3, -0.25) is 0 Å². The van der Waals surface area contributed by atoms with Gasteiger partial charge in [0.15, 0.2) is 17.0 Å². The standard InChI is InChI=1S/C12H11FN6.H2S/c1-7(8-2-4-9(13)5-3-8)19-12-10(17-18-19)11(14)15-6-16-12;/h2-7H,1H3,(H2,14,15,16);1H2/t7-;/m0./s1. The molecule has 0 saturated carbocycles. The molecule has 104 valence electrons. The highest BCUT2D eigenvalue weighted by molar-refractivity contribution is 7.59. The molecule has 3 aromatic rings. The summed E-state index contributed by atoms with van der Waals surface area (Å²) in [5, 5.41) is 8.02. The van der Waals surface area contributed by atoms with Crippen molar-refractivity contribution in [3.63, 3.8) is 0 Å². The Hall–Kier alpha value is -2.22. The highest BCUT2D eigenvalue weighted by Gasteiger charge is 2.16. The highest BCUT2D eigenvalue weighted by Crippen LogP contribution is 2.22. The molecule has 0 aliphatic carbocycles. The second-order valence-electron chi connectivity index (χ2n) is 4.19. The summed E-state index contributed by atoms with van der Waals surface area (Å²) in [4.78, 5) is 8.00. The third kappa shape index (κ3) is 2.29. The van der Waals surface area contributed by atoms with Crippen LogP contribution in [0.2, 0.25) is 0 Å². The van der Waals surface area contributed by atoms with Gasteiger partial charge in [-0.15, -0.1) is 5.10 Å². The molecule has 0 saturated heterocycles. The van der Waals surface area contributed by atoms with E-state index in [4.69, 9.17) is 5.73 Å². The molecule has 3 rings (SSSR count). The van der Waals surface area contributed by atoms with E-state index in [1.165, 1.54) is 18.5 Å². The highest BCUT2D eigenvalue weighted by atomic mass is 32.1. The Bertz CT molecular complexity index is 726. The molecule has 20 heavy (non-hydrogen) atoms. The number of halogens is 1. The summed E-state index contributed by atoms with van der Waals surface area (Å²) in [7, 11) is 0. The van der Waals surface area contributed by atoms with Gasteiger partial charge in [0.05, 0.1) is 6.04 Å². The first-order chi connectivity index (χ1) is 9.16. The molecule has 1 atom stereocenters. The lowest BCUT2D eigenvalue weighted by Crippen LogP contribution is -2.09. The van der Waals surface area contributed by atoms with Crippen LogP contribution in [-0.2, 0) is 0 Å². The minimum absolute atomic E-state index is 0. The number of aromatic nitrogens is 5. The summed E-state index contributed by atoms with van der Waals surface area (Å²) in [6.45, 7) is 1.93. The Morgan fingerprint density at radius 2 is 1.90 bits per heavy atom. The molecule has 0 unspecified atom stereocenters. The van der Waals surface area contributed by atoms with Crippen molar-refractivity contribution < 1.29 is 4.39 Å². The van der Waals surface area contributed by atoms with Crippen molar-refractivity contribution in [1.29, 1.82) is 0 Å². The molecule has 8 heteroatoms. The molecule has 0 bridgehead atoms. The van der Waals surface area contributed by atoms with Crippen molar-refractivity contribution in [3.8, 4) is 0 Å². The first-order valence-corrected chi connectivity index (χ1v) is 5.73. The number of rotatable bonds is 2. The number of hydrogen-bond acceptors (Lipinski definition) is 5. The van der Waals surface area contributed by atoms with E-state index < -0.39 is 0 Å². The maximum atomic E-state index is 12.9. The first-order valence-electron chi connectivity index (χ1n) is 5.73. The molecule has 0 aliphatic heterocycles. The Labute approximate surface area is 121 Å². The first kappa shape index (κ1) is 14.2. The molecule has 6 nitrogen and oxygen atoms in total. The summed E-state index contributed by atoms with van der Waals surface area (Å²) in [5.41, 5.74) is 7.65. The molecule has 2 aromatic heterocycles. The molecule has 0 amide bonds. The molecule has 0 fully saturated rings. The fourth-order valence-corrected chi connectivity index (χ4v) is 1.92. The van der Waals surface area contributed by atoms with Crippen LogP contribution in [0.25, 0.3) is 11.2 Å². The zero-order valence-corrected chi connectivity index (χ0v) is 11.7. The van der Waals surface area contributed by atoms with E-state index in [1.54, 1.807) is 16.8 Å². The van der Waals surface area contributed by atoms with Gasteiger partial charge < -0.3 is 5.73 Å². The molecule has 2 heterocycles. The van der Waals surface area contributed by atoms with Crippen LogP contribution < -0.4 is 5.73 Å². The van der Waals surface area contributed by atoms with E-state index in [0.29, 0.717) is 17.0 Å². The Morgan fingerprint density at radius 1 is 1.20 bits per heavy atom. The van der Waals surface area contributed by atoms with Crippen LogP contribution in [0.15, 0.2) is 30.6 Å². The fourth-order valence-electron chi connectivity index (χ4n) is 1.92. The second-order valence-corrected chi connectivity index (χ2v) is 4.19. The lowest BCUT2D eigenvalue weighted by atomic mass is 10.1. The van der Waals surface area contributed by atoms with Gasteiger partial charge in [0.25, 0.3) is 0 Å². The van der Waals surface area contributed by atoms with Crippen molar-refractivity contribution in [2.45, 2.75) is 13.0 Å². The van der Waals surface area contributed by atoms with E-state index in [9.17, 15) is 4.39 Å². The average molecular weight is 292 g/mol. The van der Waals surface area contributed by atoms with Crippen LogP contribution in [0.1, 0.15) is 18.5 Å². The van der Waals surface area contributed by atoms with Crippen LogP contribution in [0.4, 0.5) is 10.2 Å². The Morgan fingerprint density at radius 3 is 2.60 bits per heavy atom. The van der Waals surface area contributed by atoms with Gasteiger partial charge in [0.1, 0.15) is 12.1 Å². The van der Waals surface area contributed by atoms with Gasteiger partial charge in [-0.1, -0.05) is 17.3 Å². The predicted molar refractivity (Wildman–Crippen MR) is 78.1 cm³/mol. The summed E-state index contributed by atoms with van der Waals surface area (Å²) in [5.74, 6) is 0.0218. The summed E-state index contributed by atoms with van der Waals surface area (Å²) in [6.07, 6.45) is 1.37. The Kier molecular flexibility index (Phi) is 3.84. The summed E-state index contributed by atoms with van der Waals surface area (Å²) >= 11 is 0. The zero-order chi connectivity index (χ0) is 13.4. The number of hydrogen-bond donors (Lipinski definition) is 1. The summed E-state index contributed by atoms with van der Waals surface area (Å²) in [6, 6.07) is 6.11. The predicted octanol–water partition coefficient (Wildman–Crippen LogP) is 1.66. The third-order valence-electron chi connectivity index (χ3n) is 3.01. The quantitative estimate of drug-likeness (QED) is 0.776. The van der Waals surface area contributed by atoms with E-state index >= 15 is 0 Å². The topological polar surface area (TPSA) is 82.5 Å². The third-order valence-corrected chi connectivity index (χ3v) is 3.01. The van der Waals surface area contributed by atoms with Crippen molar-refractivity contribution in [2.24, 2.45) is 0 Å². The monoisotopic (exact) mass is 292 g/mol. The lowest BCUT2D eigenvalue weighted by molar-refractivity contribution is 0.553. The lowest BCUT2D eigenvalue weighted by Gasteiger charge is -2.12. The number of fused-ring (bicyclic) bond motifs is 1. The molecule has 0 aliphatic rings. The van der Waals surface area contributed by atoms with Crippen molar-refractivity contribution in [2.75, 3.05) is 5.73 Å². The molecule has 0 radical (unpaired) electrons. The molecule has 1 aromatic carbocycles. The van der Waals surface area contributed by atoms with Gasteiger partial charge in [-0.2, -0.15) is 13.5 Å². The maximum absolute atomic E-state index is 12.9. The fraction of sp³-hybridized carbons (Fsp3) is 0.167. The van der Waals surface area contributed by atoms with Crippen molar-refractivity contribution >= 4 is 30.5 Å². The number of anilines is 1. The summed E-state index contributed by atoms with van der Waals surface area (Å²) < 4.78 is 14.6. The maximum Gasteiger partial charge on any atom is 0.184 e. The van der Waals surface area contributed by atoms with Crippen LogP contribution >= 0.6 is 13.5 Å². The number of benzene rings is 1. The number of nitrogens with zero attached hydrogens (tertiary/aromatic N) is 5. The average Bonchev–Trinajstić information content (AvgIpc) is 2.84. The van der Waals surface area contributed by atoms with Crippen LogP contribution in [0.5, 0.6) is 0 Å². The van der Waals surface area contributed by atoms with E-state index in [1.807, 2.05) is 6.92 Å². The SMILES string of the molecule is C[C@@H](c1ccc(F)cc1)n1nnc2c(N)ncnc21.S. The van der Waals surface area contributed by atoms with Crippen molar-refractivity contribution in [1.82, 2.24) is 25.0 Å². The second kappa shape index (κ2) is 5.41. The van der Waals surface area contributed by atoms with Crippen molar-refractivity contribution in [3.05, 3.63) is 42.0 Å². The van der Waals surface area contributed by atoms with Gasteiger partial charge in [-0.05, 0) is 24.6 Å². The largest absolute Gasteiger partial charge is 0.382 e. The van der Waals surface area contributed by atoms with E-state index in [0.717, 1.165) is 5.56 Å². The smallest absolute Gasteiger partial charge is 0.184 e. The minimum Gasteiger partial charge on any atom is -0.382 e. The van der Waals surface area contributed by atoms with Gasteiger partial charge in [-0.25, -0.2) is 19.0 Å².